The van der Waals surface area contributed by atoms with Crippen LogP contribution in [0.25, 0.3) is 0 Å². The van der Waals surface area contributed by atoms with E-state index in [1.807, 2.05) is 14.1 Å². The zero-order chi connectivity index (χ0) is 14.5. The summed E-state index contributed by atoms with van der Waals surface area (Å²) < 4.78 is 0. The second-order valence-electron chi connectivity index (χ2n) is 5.95. The lowest BCUT2D eigenvalue weighted by molar-refractivity contribution is -0.152. The van der Waals surface area contributed by atoms with Crippen molar-refractivity contribution >= 4 is 11.8 Å². The quantitative estimate of drug-likeness (QED) is 0.685. The van der Waals surface area contributed by atoms with Gasteiger partial charge >= 0.3 is 11.8 Å². The van der Waals surface area contributed by atoms with Crippen LogP contribution >= 0.6 is 0 Å². The molecule has 0 radical (unpaired) electrons. The summed E-state index contributed by atoms with van der Waals surface area (Å²) in [7, 11) is 4.01. The van der Waals surface area contributed by atoms with Crippen molar-refractivity contribution in [2.45, 2.75) is 25.3 Å². The van der Waals surface area contributed by atoms with Gasteiger partial charge in [-0.15, -0.1) is 0 Å². The first kappa shape index (κ1) is 15.3. The molecule has 2 amide bonds. The fourth-order valence-corrected chi connectivity index (χ4v) is 3.02. The van der Waals surface area contributed by atoms with Crippen LogP contribution in [0.4, 0.5) is 0 Å². The summed E-state index contributed by atoms with van der Waals surface area (Å²) in [5.41, 5.74) is 0. The van der Waals surface area contributed by atoms with E-state index >= 15 is 0 Å². The molecule has 0 spiro atoms. The molecule has 0 saturated carbocycles. The lowest BCUT2D eigenvalue weighted by Gasteiger charge is -2.29. The first-order chi connectivity index (χ1) is 9.59. The molecule has 2 saturated heterocycles. The molecule has 2 fully saturated rings. The Kier molecular flexibility index (Phi) is 5.37. The van der Waals surface area contributed by atoms with Gasteiger partial charge in [-0.05, 0) is 39.9 Å². The van der Waals surface area contributed by atoms with Gasteiger partial charge in [0.05, 0.1) is 0 Å². The second kappa shape index (κ2) is 7.04. The Hall–Kier alpha value is -1.14. The Labute approximate surface area is 121 Å². The van der Waals surface area contributed by atoms with Gasteiger partial charge in [0.15, 0.2) is 0 Å². The van der Waals surface area contributed by atoms with Crippen LogP contribution < -0.4 is 5.32 Å². The zero-order valence-electron chi connectivity index (χ0n) is 12.6. The predicted octanol–water partition coefficient (Wildman–Crippen LogP) is -0.639. The molecule has 2 aliphatic heterocycles. The third-order valence-corrected chi connectivity index (χ3v) is 4.02. The maximum absolute atomic E-state index is 12.4. The van der Waals surface area contributed by atoms with Gasteiger partial charge in [0.1, 0.15) is 0 Å². The van der Waals surface area contributed by atoms with E-state index in [1.165, 1.54) is 0 Å². The Balaban J connectivity index is 1.96. The molecule has 1 unspecified atom stereocenters. The second-order valence-corrected chi connectivity index (χ2v) is 5.95. The van der Waals surface area contributed by atoms with Gasteiger partial charge in [0, 0.05) is 38.8 Å². The smallest absolute Gasteiger partial charge is 0.312 e. The molecule has 0 aromatic heterocycles. The van der Waals surface area contributed by atoms with Gasteiger partial charge in [-0.1, -0.05) is 0 Å². The summed E-state index contributed by atoms with van der Waals surface area (Å²) in [6.07, 6.45) is 2.91. The lowest BCUT2D eigenvalue weighted by Crippen LogP contribution is -2.49. The summed E-state index contributed by atoms with van der Waals surface area (Å²) in [5, 5.41) is 3.25. The van der Waals surface area contributed by atoms with Crippen molar-refractivity contribution in [2.75, 3.05) is 53.4 Å². The van der Waals surface area contributed by atoms with Crippen LogP contribution in [0.3, 0.4) is 0 Å². The minimum atomic E-state index is -0.320. The van der Waals surface area contributed by atoms with Gasteiger partial charge in [0.2, 0.25) is 0 Å². The fraction of sp³-hybridized carbons (Fsp3) is 0.857. The number of hydrogen-bond donors (Lipinski definition) is 1. The van der Waals surface area contributed by atoms with Crippen molar-refractivity contribution < 1.29 is 9.59 Å². The Morgan fingerprint density at radius 1 is 1.10 bits per heavy atom. The molecular formula is C14H26N4O2. The summed E-state index contributed by atoms with van der Waals surface area (Å²) in [5.74, 6) is -0.629. The van der Waals surface area contributed by atoms with E-state index in [9.17, 15) is 9.59 Å². The number of likely N-dealkylation sites (N-methyl/N-ethyl adjacent to an activating group) is 1. The number of amides is 2. The monoisotopic (exact) mass is 282 g/mol. The van der Waals surface area contributed by atoms with E-state index in [-0.39, 0.29) is 17.9 Å². The average molecular weight is 282 g/mol. The van der Waals surface area contributed by atoms with Crippen LogP contribution in [0, 0.1) is 0 Å². The molecule has 1 atom stereocenters. The lowest BCUT2D eigenvalue weighted by atomic mass is 10.2. The number of rotatable bonds is 2. The number of nitrogens with zero attached hydrogens (tertiary/aromatic N) is 3. The van der Waals surface area contributed by atoms with E-state index in [0.717, 1.165) is 45.4 Å². The number of carbonyl (C=O) groups is 2. The zero-order valence-corrected chi connectivity index (χ0v) is 12.6. The fourth-order valence-electron chi connectivity index (χ4n) is 3.02. The molecule has 2 heterocycles. The Morgan fingerprint density at radius 2 is 1.90 bits per heavy atom. The van der Waals surface area contributed by atoms with Crippen molar-refractivity contribution in [3.05, 3.63) is 0 Å². The molecule has 2 aliphatic rings. The third-order valence-electron chi connectivity index (χ3n) is 4.02. The van der Waals surface area contributed by atoms with E-state index < -0.39 is 0 Å². The van der Waals surface area contributed by atoms with Crippen LogP contribution in [0.15, 0.2) is 0 Å². The van der Waals surface area contributed by atoms with Crippen molar-refractivity contribution in [2.24, 2.45) is 0 Å². The van der Waals surface area contributed by atoms with E-state index in [1.54, 1.807) is 9.80 Å². The minimum absolute atomic E-state index is 0.187. The molecule has 0 bridgehead atoms. The highest BCUT2D eigenvalue weighted by Crippen LogP contribution is 2.18. The van der Waals surface area contributed by atoms with Crippen molar-refractivity contribution in [1.82, 2.24) is 20.0 Å². The third kappa shape index (κ3) is 3.70. The SMILES string of the molecule is CN(C)CC1CCCN1C(=O)C(=O)N1CCCNCC1. The first-order valence-electron chi connectivity index (χ1n) is 7.55. The summed E-state index contributed by atoms with van der Waals surface area (Å²) >= 11 is 0. The molecular weight excluding hydrogens is 256 g/mol. The summed E-state index contributed by atoms with van der Waals surface area (Å²) in [6, 6.07) is 0.187. The van der Waals surface area contributed by atoms with E-state index in [0.29, 0.717) is 13.1 Å². The Morgan fingerprint density at radius 3 is 2.65 bits per heavy atom. The minimum Gasteiger partial charge on any atom is -0.333 e. The molecule has 0 aromatic carbocycles. The highest BCUT2D eigenvalue weighted by Gasteiger charge is 2.34. The number of likely N-dealkylation sites (tertiary alicyclic amines) is 1. The van der Waals surface area contributed by atoms with E-state index in [4.69, 9.17) is 0 Å². The molecule has 2 rings (SSSR count). The van der Waals surface area contributed by atoms with Crippen LogP contribution in [-0.2, 0) is 9.59 Å². The molecule has 1 N–H and O–H groups in total. The van der Waals surface area contributed by atoms with Crippen molar-refractivity contribution in [3.63, 3.8) is 0 Å². The van der Waals surface area contributed by atoms with Gasteiger partial charge in [-0.3, -0.25) is 9.59 Å². The molecule has 20 heavy (non-hydrogen) atoms. The largest absolute Gasteiger partial charge is 0.333 e. The highest BCUT2D eigenvalue weighted by atomic mass is 16.2. The summed E-state index contributed by atoms with van der Waals surface area (Å²) in [4.78, 5) is 30.4. The average Bonchev–Trinajstić information content (AvgIpc) is 2.70. The van der Waals surface area contributed by atoms with Crippen molar-refractivity contribution in [1.29, 1.82) is 0 Å². The topological polar surface area (TPSA) is 55.9 Å². The Bertz CT molecular complexity index is 351. The first-order valence-corrected chi connectivity index (χ1v) is 7.55. The summed E-state index contributed by atoms with van der Waals surface area (Å²) in [6.45, 7) is 4.57. The van der Waals surface area contributed by atoms with Crippen molar-refractivity contribution in [3.8, 4) is 0 Å². The maximum atomic E-state index is 12.4. The van der Waals surface area contributed by atoms with Crippen LogP contribution in [0.2, 0.25) is 0 Å². The number of hydrogen-bond acceptors (Lipinski definition) is 4. The standard InChI is InChI=1S/C14H26N4O2/c1-16(2)11-12-5-3-9-18(12)14(20)13(19)17-8-4-6-15-7-10-17/h12,15H,3-11H2,1-2H3. The number of nitrogens with one attached hydrogen (secondary N) is 1. The predicted molar refractivity (Wildman–Crippen MR) is 77.4 cm³/mol. The normalized spacial score (nSPS) is 24.1. The molecule has 114 valence electrons. The van der Waals surface area contributed by atoms with Crippen LogP contribution in [0.1, 0.15) is 19.3 Å². The van der Waals surface area contributed by atoms with Crippen LogP contribution in [-0.4, -0.2) is 85.9 Å². The molecule has 0 aliphatic carbocycles. The number of carbonyl (C=O) groups excluding carboxylic acids is 2. The molecule has 6 heteroatoms. The van der Waals surface area contributed by atoms with Gasteiger partial charge in [-0.2, -0.15) is 0 Å². The maximum Gasteiger partial charge on any atom is 0.312 e. The van der Waals surface area contributed by atoms with E-state index in [2.05, 4.69) is 10.2 Å². The van der Waals surface area contributed by atoms with Gasteiger partial charge < -0.3 is 20.0 Å². The molecule has 0 aromatic rings. The molecule has 6 nitrogen and oxygen atoms in total. The van der Waals surface area contributed by atoms with Gasteiger partial charge in [0.25, 0.3) is 0 Å². The van der Waals surface area contributed by atoms with Gasteiger partial charge in [-0.25, -0.2) is 0 Å². The van der Waals surface area contributed by atoms with Crippen LogP contribution in [0.5, 0.6) is 0 Å². The highest BCUT2D eigenvalue weighted by molar-refractivity contribution is 6.35.